The predicted octanol–water partition coefficient (Wildman–Crippen LogP) is 8.43. The van der Waals surface area contributed by atoms with Gasteiger partial charge in [0.15, 0.2) is 0 Å². The van der Waals surface area contributed by atoms with Crippen molar-refractivity contribution in [1.29, 1.82) is 0 Å². The van der Waals surface area contributed by atoms with E-state index in [1.54, 1.807) is 12.1 Å². The van der Waals surface area contributed by atoms with Gasteiger partial charge in [0.05, 0.1) is 0 Å². The molecule has 0 saturated heterocycles. The molecule has 3 rings (SSSR count). The fraction of sp³-hybridized carbons (Fsp3) is 0.267. The molecule has 0 aromatic heterocycles. The van der Waals surface area contributed by atoms with E-state index in [1.807, 2.05) is 62.4 Å². The average molecular weight is 431 g/mol. The van der Waals surface area contributed by atoms with E-state index in [9.17, 15) is 8.78 Å². The van der Waals surface area contributed by atoms with Crippen LogP contribution < -0.4 is 0 Å². The highest BCUT2D eigenvalue weighted by Gasteiger charge is 2.08. The van der Waals surface area contributed by atoms with Gasteiger partial charge in [0.25, 0.3) is 0 Å². The van der Waals surface area contributed by atoms with Gasteiger partial charge in [-0.25, -0.2) is 8.78 Å². The first-order valence-corrected chi connectivity index (χ1v) is 11.5. The molecule has 0 radical (unpaired) electrons. The third-order valence-electron chi connectivity index (χ3n) is 5.77. The largest absolute Gasteiger partial charge is 0.207 e. The third-order valence-corrected chi connectivity index (χ3v) is 5.77. The highest BCUT2D eigenvalue weighted by Crippen LogP contribution is 2.25. The molecule has 0 amide bonds. The zero-order valence-electron chi connectivity index (χ0n) is 19.1. The number of aryl methyl sites for hydroxylation is 4. The van der Waals surface area contributed by atoms with Crippen LogP contribution in [0.25, 0.3) is 11.1 Å². The summed E-state index contributed by atoms with van der Waals surface area (Å²) in [6.07, 6.45) is 13.2. The predicted molar refractivity (Wildman–Crippen MR) is 132 cm³/mol. The summed E-state index contributed by atoms with van der Waals surface area (Å²) in [6, 6.07) is 19.0. The lowest BCUT2D eigenvalue weighted by Crippen LogP contribution is -1.97. The van der Waals surface area contributed by atoms with Crippen molar-refractivity contribution >= 4 is 0 Å². The van der Waals surface area contributed by atoms with Crippen LogP contribution in [0.5, 0.6) is 0 Å². The number of hydrogen-bond donors (Lipinski definition) is 0. The van der Waals surface area contributed by atoms with E-state index in [-0.39, 0.29) is 11.6 Å². The zero-order valence-corrected chi connectivity index (χ0v) is 19.1. The first-order valence-electron chi connectivity index (χ1n) is 11.5. The number of hydrogen-bond acceptors (Lipinski definition) is 0. The topological polar surface area (TPSA) is 0 Å². The molecule has 0 saturated carbocycles. The maximum absolute atomic E-state index is 14.8. The minimum absolute atomic E-state index is 0.150. The molecule has 0 heterocycles. The Balaban J connectivity index is 1.61. The van der Waals surface area contributed by atoms with E-state index < -0.39 is 0 Å². The van der Waals surface area contributed by atoms with E-state index in [2.05, 4.69) is 24.3 Å². The van der Waals surface area contributed by atoms with Crippen LogP contribution in [-0.2, 0) is 25.7 Å². The summed E-state index contributed by atoms with van der Waals surface area (Å²) in [6.45, 7) is 4.00. The van der Waals surface area contributed by atoms with Crippen LogP contribution in [0.2, 0.25) is 0 Å². The first kappa shape index (κ1) is 23.7. The molecule has 0 N–H and O–H groups in total. The molecule has 3 aromatic carbocycles. The second-order valence-electron chi connectivity index (χ2n) is 8.15. The molecule has 166 valence electrons. The van der Waals surface area contributed by atoms with Gasteiger partial charge in [-0.05, 0) is 92.3 Å². The number of rotatable bonds is 10. The molecule has 0 aliphatic heterocycles. The van der Waals surface area contributed by atoms with Crippen LogP contribution in [0, 0.1) is 11.6 Å². The number of allylic oxidation sites excluding steroid dienone is 4. The molecule has 0 aliphatic rings. The minimum Gasteiger partial charge on any atom is -0.207 e. The molecular weight excluding hydrogens is 398 g/mol. The van der Waals surface area contributed by atoms with Gasteiger partial charge >= 0.3 is 0 Å². The highest BCUT2D eigenvalue weighted by atomic mass is 19.1. The maximum atomic E-state index is 14.8. The van der Waals surface area contributed by atoms with Gasteiger partial charge in [-0.15, -0.1) is 0 Å². The van der Waals surface area contributed by atoms with Crippen LogP contribution in [0.3, 0.4) is 0 Å². The summed E-state index contributed by atoms with van der Waals surface area (Å²) in [5.41, 5.74) is 5.37. The Morgan fingerprint density at radius 2 is 1.16 bits per heavy atom. The normalized spacial score (nSPS) is 11.6. The average Bonchev–Trinajstić information content (AvgIpc) is 2.80. The summed E-state index contributed by atoms with van der Waals surface area (Å²) < 4.78 is 29.1. The first-order chi connectivity index (χ1) is 15.6. The Labute approximate surface area is 191 Å². The van der Waals surface area contributed by atoms with Crippen molar-refractivity contribution in [2.24, 2.45) is 0 Å². The van der Waals surface area contributed by atoms with Gasteiger partial charge in [-0.2, -0.15) is 0 Å². The second kappa shape index (κ2) is 12.1. The smallest absolute Gasteiger partial charge is 0.131 e. The summed E-state index contributed by atoms with van der Waals surface area (Å²) in [7, 11) is 0. The Bertz CT molecular complexity index is 1060. The molecule has 32 heavy (non-hydrogen) atoms. The molecule has 0 unspecified atom stereocenters. The summed E-state index contributed by atoms with van der Waals surface area (Å²) in [5, 5.41) is 0. The lowest BCUT2D eigenvalue weighted by atomic mass is 9.97. The Morgan fingerprint density at radius 1 is 0.594 bits per heavy atom. The lowest BCUT2D eigenvalue weighted by molar-refractivity contribution is 0.606. The molecule has 0 aliphatic carbocycles. The maximum Gasteiger partial charge on any atom is 0.131 e. The molecule has 0 bridgehead atoms. The Hall–Kier alpha value is -3.00. The monoisotopic (exact) mass is 430 g/mol. The van der Waals surface area contributed by atoms with E-state index in [1.165, 1.54) is 5.56 Å². The van der Waals surface area contributed by atoms with Gasteiger partial charge in [0.2, 0.25) is 0 Å². The zero-order chi connectivity index (χ0) is 22.8. The highest BCUT2D eigenvalue weighted by molar-refractivity contribution is 5.64. The van der Waals surface area contributed by atoms with E-state index in [4.69, 9.17) is 0 Å². The van der Waals surface area contributed by atoms with Crippen molar-refractivity contribution in [1.82, 2.24) is 0 Å². The molecular formula is C30H32F2. The summed E-state index contributed by atoms with van der Waals surface area (Å²) in [5.74, 6) is -0.364. The van der Waals surface area contributed by atoms with Gasteiger partial charge in [0, 0.05) is 5.56 Å². The summed E-state index contributed by atoms with van der Waals surface area (Å²) in [4.78, 5) is 0. The van der Waals surface area contributed by atoms with Crippen molar-refractivity contribution < 1.29 is 8.78 Å². The molecule has 2 heteroatoms. The number of benzene rings is 3. The van der Waals surface area contributed by atoms with Gasteiger partial charge < -0.3 is 0 Å². The Morgan fingerprint density at radius 3 is 1.75 bits per heavy atom. The van der Waals surface area contributed by atoms with Crippen LogP contribution >= 0.6 is 0 Å². The van der Waals surface area contributed by atoms with Crippen LogP contribution in [0.15, 0.2) is 85.0 Å². The molecule has 0 nitrogen and oxygen atoms in total. The Kier molecular flexibility index (Phi) is 8.98. The number of halogens is 2. The second-order valence-corrected chi connectivity index (χ2v) is 8.15. The van der Waals surface area contributed by atoms with E-state index in [0.717, 1.165) is 41.5 Å². The van der Waals surface area contributed by atoms with Gasteiger partial charge in [-0.3, -0.25) is 0 Å². The van der Waals surface area contributed by atoms with Crippen molar-refractivity contribution in [2.75, 3.05) is 0 Å². The summed E-state index contributed by atoms with van der Waals surface area (Å²) >= 11 is 0. The SMILES string of the molecule is C/C=C/CCc1ccc(-c2ccc(CCc3ccc(CC/C=C/C)c(F)c3)cc2F)cc1. The van der Waals surface area contributed by atoms with Crippen LogP contribution in [-0.4, -0.2) is 0 Å². The minimum atomic E-state index is -0.213. The van der Waals surface area contributed by atoms with Gasteiger partial charge in [0.1, 0.15) is 11.6 Å². The molecule has 0 spiro atoms. The molecule has 0 fully saturated rings. The van der Waals surface area contributed by atoms with E-state index >= 15 is 0 Å². The van der Waals surface area contributed by atoms with Crippen molar-refractivity contribution in [3.8, 4) is 11.1 Å². The van der Waals surface area contributed by atoms with Crippen molar-refractivity contribution in [3.05, 3.63) is 119 Å². The van der Waals surface area contributed by atoms with Crippen molar-refractivity contribution in [2.45, 2.75) is 52.4 Å². The standard InChI is InChI=1S/C30H32F2/c1-3-5-7-9-23-13-17-26(18-14-23)28-20-16-25(22-30(28)32)12-11-24-15-19-27(29(31)21-24)10-8-6-4-2/h3-6,13-22H,7-12H2,1-2H3/b5-3+,6-4+. The van der Waals surface area contributed by atoms with Crippen molar-refractivity contribution in [3.63, 3.8) is 0 Å². The fourth-order valence-electron chi connectivity index (χ4n) is 3.86. The van der Waals surface area contributed by atoms with E-state index in [0.29, 0.717) is 24.8 Å². The van der Waals surface area contributed by atoms with Gasteiger partial charge in [-0.1, -0.05) is 72.8 Å². The lowest BCUT2D eigenvalue weighted by Gasteiger charge is -2.09. The quantitative estimate of drug-likeness (QED) is 0.283. The van der Waals surface area contributed by atoms with Crippen LogP contribution in [0.4, 0.5) is 8.78 Å². The molecule has 3 aromatic rings. The molecule has 0 atom stereocenters. The fourth-order valence-corrected chi connectivity index (χ4v) is 3.86. The third kappa shape index (κ3) is 6.75. The van der Waals surface area contributed by atoms with Crippen LogP contribution in [0.1, 0.15) is 48.9 Å².